The summed E-state index contributed by atoms with van der Waals surface area (Å²) in [6.07, 6.45) is 2.03. The summed E-state index contributed by atoms with van der Waals surface area (Å²) in [6, 6.07) is 10.6. The number of ether oxygens (including phenoxy) is 2. The fourth-order valence-corrected chi connectivity index (χ4v) is 4.28. The molecule has 2 aliphatic rings. The van der Waals surface area contributed by atoms with Crippen molar-refractivity contribution in [3.63, 3.8) is 0 Å². The Morgan fingerprint density at radius 3 is 2.32 bits per heavy atom. The fourth-order valence-electron chi connectivity index (χ4n) is 4.28. The van der Waals surface area contributed by atoms with Gasteiger partial charge in [-0.3, -0.25) is 9.59 Å². The number of amides is 2. The van der Waals surface area contributed by atoms with Crippen LogP contribution >= 0.6 is 0 Å². The molecule has 0 N–H and O–H groups in total. The minimum atomic E-state index is -0.433. The minimum absolute atomic E-state index is 0.323. The van der Waals surface area contributed by atoms with Gasteiger partial charge in [0.1, 0.15) is 11.5 Å². The van der Waals surface area contributed by atoms with Gasteiger partial charge in [-0.2, -0.15) is 0 Å². The van der Waals surface area contributed by atoms with E-state index >= 15 is 0 Å². The molecule has 0 aliphatic carbocycles. The van der Waals surface area contributed by atoms with Gasteiger partial charge in [0.25, 0.3) is 11.8 Å². The number of imide groups is 1. The average molecular weight is 424 g/mol. The summed E-state index contributed by atoms with van der Waals surface area (Å²) in [7, 11) is 3.06. The van der Waals surface area contributed by atoms with Crippen LogP contribution in [0.4, 0.5) is 10.1 Å². The number of halogens is 1. The van der Waals surface area contributed by atoms with Crippen molar-refractivity contribution in [2.45, 2.75) is 19.8 Å². The Labute approximate surface area is 180 Å². The lowest BCUT2D eigenvalue weighted by Gasteiger charge is -2.33. The van der Waals surface area contributed by atoms with Gasteiger partial charge in [-0.15, -0.1) is 0 Å². The average Bonchev–Trinajstić information content (AvgIpc) is 3.04. The lowest BCUT2D eigenvalue weighted by atomic mass is 9.97. The zero-order chi connectivity index (χ0) is 22.1. The predicted octanol–water partition coefficient (Wildman–Crippen LogP) is 3.86. The first kappa shape index (κ1) is 20.9. The molecular weight excluding hydrogens is 399 g/mol. The van der Waals surface area contributed by atoms with Gasteiger partial charge < -0.3 is 14.4 Å². The maximum Gasteiger partial charge on any atom is 0.282 e. The van der Waals surface area contributed by atoms with Crippen LogP contribution in [0.5, 0.6) is 11.5 Å². The van der Waals surface area contributed by atoms with Crippen molar-refractivity contribution in [2.75, 3.05) is 32.2 Å². The van der Waals surface area contributed by atoms with Gasteiger partial charge in [0.2, 0.25) is 0 Å². The molecule has 0 radical (unpaired) electrons. The zero-order valence-corrected chi connectivity index (χ0v) is 17.9. The summed E-state index contributed by atoms with van der Waals surface area (Å²) in [5, 5.41) is 0. The van der Waals surface area contributed by atoms with E-state index in [1.165, 1.54) is 38.5 Å². The van der Waals surface area contributed by atoms with Crippen LogP contribution in [0.1, 0.15) is 25.3 Å². The van der Waals surface area contributed by atoms with Gasteiger partial charge in [0.05, 0.1) is 25.5 Å². The van der Waals surface area contributed by atoms with Crippen LogP contribution in [-0.4, -0.2) is 44.0 Å². The maximum atomic E-state index is 13.5. The lowest BCUT2D eigenvalue weighted by molar-refractivity contribution is -0.120. The van der Waals surface area contributed by atoms with E-state index in [2.05, 4.69) is 6.92 Å². The molecule has 31 heavy (non-hydrogen) atoms. The van der Waals surface area contributed by atoms with Crippen LogP contribution in [0.15, 0.2) is 48.2 Å². The molecule has 2 aromatic rings. The monoisotopic (exact) mass is 424 g/mol. The number of hydrogen-bond donors (Lipinski definition) is 0. The molecule has 4 rings (SSSR count). The number of anilines is 1. The van der Waals surface area contributed by atoms with E-state index in [1.807, 2.05) is 4.90 Å². The highest BCUT2D eigenvalue weighted by Crippen LogP contribution is 2.39. The summed E-state index contributed by atoms with van der Waals surface area (Å²) in [4.78, 5) is 30.2. The van der Waals surface area contributed by atoms with E-state index in [4.69, 9.17) is 9.47 Å². The predicted molar refractivity (Wildman–Crippen MR) is 115 cm³/mol. The number of nitrogens with zero attached hydrogens (tertiary/aromatic N) is 2. The summed E-state index contributed by atoms with van der Waals surface area (Å²) < 4.78 is 24.2. The third-order valence-corrected chi connectivity index (χ3v) is 5.79. The quantitative estimate of drug-likeness (QED) is 0.683. The summed E-state index contributed by atoms with van der Waals surface area (Å²) in [5.74, 6) is 0.163. The van der Waals surface area contributed by atoms with Crippen molar-refractivity contribution in [2.24, 2.45) is 5.92 Å². The highest BCUT2D eigenvalue weighted by molar-refractivity contribution is 6.45. The molecule has 0 bridgehead atoms. The molecular formula is C24H25FN2O4. The second-order valence-electron chi connectivity index (χ2n) is 7.91. The van der Waals surface area contributed by atoms with Crippen molar-refractivity contribution < 1.29 is 23.5 Å². The molecule has 1 atom stereocenters. The van der Waals surface area contributed by atoms with E-state index in [1.54, 1.807) is 18.2 Å². The van der Waals surface area contributed by atoms with Crippen LogP contribution in [-0.2, 0) is 9.59 Å². The number of rotatable bonds is 5. The second-order valence-corrected chi connectivity index (χ2v) is 7.91. The third-order valence-electron chi connectivity index (χ3n) is 5.79. The molecule has 162 valence electrons. The minimum Gasteiger partial charge on any atom is -0.493 e. The molecule has 0 aromatic heterocycles. The van der Waals surface area contributed by atoms with Crippen LogP contribution in [0.25, 0.3) is 5.57 Å². The lowest BCUT2D eigenvalue weighted by Crippen LogP contribution is -2.39. The number of methoxy groups -OCH3 is 2. The molecule has 1 unspecified atom stereocenters. The van der Waals surface area contributed by atoms with Crippen molar-refractivity contribution in [1.29, 1.82) is 0 Å². The van der Waals surface area contributed by atoms with Crippen molar-refractivity contribution in [3.05, 3.63) is 59.5 Å². The molecule has 2 aromatic carbocycles. The number of benzene rings is 2. The first-order chi connectivity index (χ1) is 14.9. The fraction of sp³-hybridized carbons (Fsp3) is 0.333. The second kappa shape index (κ2) is 8.41. The Hall–Kier alpha value is -3.35. The molecule has 1 saturated heterocycles. The largest absolute Gasteiger partial charge is 0.493 e. The summed E-state index contributed by atoms with van der Waals surface area (Å²) in [5.41, 5.74) is 1.63. The van der Waals surface area contributed by atoms with Gasteiger partial charge >= 0.3 is 0 Å². The van der Waals surface area contributed by atoms with Gasteiger partial charge in [0.15, 0.2) is 11.5 Å². The molecule has 6 nitrogen and oxygen atoms in total. The van der Waals surface area contributed by atoms with Crippen LogP contribution < -0.4 is 14.4 Å². The van der Waals surface area contributed by atoms with E-state index in [0.29, 0.717) is 53.0 Å². The Balaban J connectivity index is 1.84. The van der Waals surface area contributed by atoms with E-state index in [9.17, 15) is 14.0 Å². The molecule has 0 spiro atoms. The third kappa shape index (κ3) is 3.76. The van der Waals surface area contributed by atoms with E-state index in [-0.39, 0.29) is 0 Å². The molecule has 7 heteroatoms. The van der Waals surface area contributed by atoms with Crippen molar-refractivity contribution in [1.82, 2.24) is 4.90 Å². The number of piperidine rings is 1. The van der Waals surface area contributed by atoms with Crippen LogP contribution in [0, 0.1) is 11.7 Å². The smallest absolute Gasteiger partial charge is 0.282 e. The highest BCUT2D eigenvalue weighted by Gasteiger charge is 2.43. The normalized spacial score (nSPS) is 19.3. The SMILES string of the molecule is COc1ccc(C2=C(N3CCCC(C)C3)C(=O)N(c3ccc(F)cc3)C2=O)cc1OC. The molecule has 2 amide bonds. The van der Waals surface area contributed by atoms with Crippen molar-refractivity contribution >= 4 is 23.1 Å². The number of likely N-dealkylation sites (tertiary alicyclic amines) is 1. The molecule has 0 saturated carbocycles. The zero-order valence-electron chi connectivity index (χ0n) is 17.9. The molecule has 2 heterocycles. The van der Waals surface area contributed by atoms with Crippen molar-refractivity contribution in [3.8, 4) is 11.5 Å². The van der Waals surface area contributed by atoms with Gasteiger partial charge in [-0.1, -0.05) is 13.0 Å². The summed E-state index contributed by atoms with van der Waals surface area (Å²) in [6.45, 7) is 3.54. The Kier molecular flexibility index (Phi) is 5.67. The van der Waals surface area contributed by atoms with Crippen LogP contribution in [0.2, 0.25) is 0 Å². The molecule has 1 fully saturated rings. The Morgan fingerprint density at radius 2 is 1.68 bits per heavy atom. The van der Waals surface area contributed by atoms with Gasteiger partial charge in [-0.05, 0) is 60.7 Å². The Morgan fingerprint density at radius 1 is 0.968 bits per heavy atom. The van der Waals surface area contributed by atoms with E-state index in [0.717, 1.165) is 17.7 Å². The first-order valence-corrected chi connectivity index (χ1v) is 10.3. The van der Waals surface area contributed by atoms with E-state index < -0.39 is 17.6 Å². The Bertz CT molecular complexity index is 1050. The van der Waals surface area contributed by atoms with Gasteiger partial charge in [-0.25, -0.2) is 9.29 Å². The number of carbonyl (C=O) groups is 2. The van der Waals surface area contributed by atoms with Crippen LogP contribution in [0.3, 0.4) is 0 Å². The highest BCUT2D eigenvalue weighted by atomic mass is 19.1. The first-order valence-electron chi connectivity index (χ1n) is 10.3. The number of carbonyl (C=O) groups excluding carboxylic acids is 2. The topological polar surface area (TPSA) is 59.1 Å². The van der Waals surface area contributed by atoms with Gasteiger partial charge in [0, 0.05) is 13.1 Å². The molecule has 2 aliphatic heterocycles. The summed E-state index contributed by atoms with van der Waals surface area (Å²) >= 11 is 0. The maximum absolute atomic E-state index is 13.5. The standard InChI is InChI=1S/C24H25FN2O4/c1-15-5-4-12-26(14-15)22-21(16-6-11-19(30-2)20(13-16)31-3)23(28)27(24(22)29)18-9-7-17(25)8-10-18/h6-11,13,15H,4-5,12,14H2,1-3H3. The number of hydrogen-bond acceptors (Lipinski definition) is 5.